The van der Waals surface area contributed by atoms with E-state index in [1.165, 1.54) is 0 Å². The van der Waals surface area contributed by atoms with Crippen LogP contribution in [-0.4, -0.2) is 14.7 Å². The maximum atomic E-state index is 11.9. The predicted octanol–water partition coefficient (Wildman–Crippen LogP) is 2.36. The van der Waals surface area contributed by atoms with Crippen LogP contribution in [0.5, 0.6) is 0 Å². The Kier molecular flexibility index (Phi) is 6.03. The van der Waals surface area contributed by atoms with Crippen molar-refractivity contribution in [1.82, 2.24) is 0 Å². The highest BCUT2D eigenvalue weighted by molar-refractivity contribution is 7.60. The molecule has 0 radical (unpaired) electrons. The number of benzene rings is 2. The lowest BCUT2D eigenvalue weighted by Gasteiger charge is -2.23. The van der Waals surface area contributed by atoms with Crippen LogP contribution >= 0.6 is 15.6 Å². The number of hydrogen-bond donors (Lipinski definition) is 5. The number of hydrogen-bond acceptors (Lipinski definition) is 6. The molecular formula is C14H18N2O7P2. The first kappa shape index (κ1) is 19.6. The van der Waals surface area contributed by atoms with Gasteiger partial charge in [-0.25, -0.2) is 9.13 Å². The Hall–Kier alpha value is -1.70. The van der Waals surface area contributed by atoms with Crippen LogP contribution < -0.4 is 11.5 Å². The van der Waals surface area contributed by atoms with Gasteiger partial charge in [0, 0.05) is 23.4 Å². The van der Waals surface area contributed by atoms with Gasteiger partial charge in [0.25, 0.3) is 0 Å². The third kappa shape index (κ3) is 5.95. The van der Waals surface area contributed by atoms with Gasteiger partial charge in [0.15, 0.2) is 0 Å². The summed E-state index contributed by atoms with van der Waals surface area (Å²) in [6.45, 7) is 0. The van der Waals surface area contributed by atoms with Gasteiger partial charge in [-0.2, -0.15) is 4.31 Å². The first-order valence-corrected chi connectivity index (χ1v) is 10.1. The summed E-state index contributed by atoms with van der Waals surface area (Å²) < 4.78 is 31.7. The highest BCUT2D eigenvalue weighted by Crippen LogP contribution is 2.60. The second-order valence-corrected chi connectivity index (χ2v) is 7.95. The molecule has 0 bridgehead atoms. The molecule has 136 valence electrons. The minimum absolute atomic E-state index is 0.0377. The third-order valence-corrected chi connectivity index (χ3v) is 5.47. The molecule has 0 aliphatic carbocycles. The van der Waals surface area contributed by atoms with E-state index in [0.29, 0.717) is 16.8 Å². The Morgan fingerprint density at radius 1 is 0.920 bits per heavy atom. The van der Waals surface area contributed by atoms with Crippen molar-refractivity contribution in [3.8, 4) is 0 Å². The SMILES string of the molecule is Nc1ccccc1CC(OP(=O)(O)OP(=O)(O)O)c1ccccc1N. The van der Waals surface area contributed by atoms with Crippen LogP contribution in [0, 0.1) is 0 Å². The quantitative estimate of drug-likeness (QED) is 0.353. The van der Waals surface area contributed by atoms with Crippen molar-refractivity contribution in [2.75, 3.05) is 11.5 Å². The molecule has 7 N–H and O–H groups in total. The summed E-state index contributed by atoms with van der Waals surface area (Å²) in [6, 6.07) is 13.2. The molecule has 2 aromatic rings. The van der Waals surface area contributed by atoms with Gasteiger partial charge in [-0.3, -0.25) is 4.52 Å². The largest absolute Gasteiger partial charge is 0.481 e. The van der Waals surface area contributed by atoms with Crippen molar-refractivity contribution in [3.05, 3.63) is 59.7 Å². The molecule has 0 heterocycles. The molecule has 0 saturated carbocycles. The number of anilines is 2. The molecule has 2 aromatic carbocycles. The molecule has 9 nitrogen and oxygen atoms in total. The molecule has 0 amide bonds. The van der Waals surface area contributed by atoms with Gasteiger partial charge in [-0.15, -0.1) is 0 Å². The Morgan fingerprint density at radius 3 is 2.04 bits per heavy atom. The smallest absolute Gasteiger partial charge is 0.399 e. The zero-order valence-electron chi connectivity index (χ0n) is 12.9. The molecule has 25 heavy (non-hydrogen) atoms. The van der Waals surface area contributed by atoms with E-state index in [1.54, 1.807) is 48.5 Å². The fraction of sp³-hybridized carbons (Fsp3) is 0.143. The summed E-state index contributed by atoms with van der Waals surface area (Å²) in [5.41, 5.74) is 13.4. The Bertz CT molecular complexity index is 839. The standard InChI is InChI=1S/C14H18N2O7P2/c15-12-7-3-1-5-10(12)9-14(11-6-2-4-8-13(11)16)22-25(20,21)23-24(17,18)19/h1-8,14H,9,15-16H2,(H,20,21)(H2,17,18,19). The summed E-state index contributed by atoms with van der Waals surface area (Å²) in [7, 11) is -10.3. The zero-order chi connectivity index (χ0) is 18.7. The molecule has 0 aliphatic heterocycles. The highest BCUT2D eigenvalue weighted by atomic mass is 31.3. The van der Waals surface area contributed by atoms with Crippen LogP contribution in [0.1, 0.15) is 17.2 Å². The second-order valence-electron chi connectivity index (χ2n) is 5.17. The van der Waals surface area contributed by atoms with E-state index in [2.05, 4.69) is 4.31 Å². The zero-order valence-corrected chi connectivity index (χ0v) is 14.7. The first-order valence-electron chi connectivity index (χ1n) is 7.03. The van der Waals surface area contributed by atoms with E-state index in [0.717, 1.165) is 0 Å². The summed E-state index contributed by atoms with van der Waals surface area (Å²) in [4.78, 5) is 27.2. The third-order valence-electron chi connectivity index (χ3n) is 3.27. The van der Waals surface area contributed by atoms with E-state index in [4.69, 9.17) is 25.8 Å². The predicted molar refractivity (Wildman–Crippen MR) is 92.2 cm³/mol. The summed E-state index contributed by atoms with van der Waals surface area (Å²) in [5, 5.41) is 0. The topological polar surface area (TPSA) is 165 Å². The van der Waals surface area contributed by atoms with Gasteiger partial charge in [0.1, 0.15) is 6.10 Å². The van der Waals surface area contributed by atoms with Gasteiger partial charge in [-0.1, -0.05) is 36.4 Å². The maximum absolute atomic E-state index is 11.9. The average molecular weight is 388 g/mol. The number of rotatable bonds is 7. The van der Waals surface area contributed by atoms with Crippen molar-refractivity contribution < 1.29 is 32.6 Å². The van der Waals surface area contributed by atoms with Gasteiger partial charge in [0.2, 0.25) is 0 Å². The maximum Gasteiger partial charge on any atom is 0.481 e. The fourth-order valence-electron chi connectivity index (χ4n) is 2.24. The minimum Gasteiger partial charge on any atom is -0.399 e. The van der Waals surface area contributed by atoms with Crippen LogP contribution in [0.4, 0.5) is 11.4 Å². The van der Waals surface area contributed by atoms with Crippen molar-refractivity contribution in [2.24, 2.45) is 0 Å². The molecule has 2 atom stereocenters. The van der Waals surface area contributed by atoms with Crippen LogP contribution in [0.2, 0.25) is 0 Å². The molecule has 2 rings (SSSR count). The molecule has 11 heteroatoms. The number of phosphoric ester groups is 1. The lowest BCUT2D eigenvalue weighted by atomic mass is 9.99. The molecule has 0 saturated heterocycles. The summed E-state index contributed by atoms with van der Waals surface area (Å²) in [5.74, 6) is 0. The molecule has 0 aliphatic rings. The Balaban J connectivity index is 2.36. The number of phosphoric acid groups is 2. The second kappa shape index (κ2) is 7.68. The Morgan fingerprint density at radius 2 is 1.48 bits per heavy atom. The average Bonchev–Trinajstić information content (AvgIpc) is 2.46. The molecular weight excluding hydrogens is 370 g/mol. The Labute approximate surface area is 144 Å². The van der Waals surface area contributed by atoms with Crippen molar-refractivity contribution in [2.45, 2.75) is 12.5 Å². The van der Waals surface area contributed by atoms with Crippen LogP contribution in [0.3, 0.4) is 0 Å². The monoisotopic (exact) mass is 388 g/mol. The lowest BCUT2D eigenvalue weighted by molar-refractivity contribution is 0.127. The molecule has 0 fully saturated rings. The fourth-order valence-corrected chi connectivity index (χ4v) is 3.98. The van der Waals surface area contributed by atoms with Crippen molar-refractivity contribution in [1.29, 1.82) is 0 Å². The minimum atomic E-state index is -5.23. The van der Waals surface area contributed by atoms with Crippen molar-refractivity contribution >= 4 is 27.0 Å². The van der Waals surface area contributed by atoms with E-state index in [-0.39, 0.29) is 12.1 Å². The normalized spacial score (nSPS) is 15.5. The molecule has 2 unspecified atom stereocenters. The number of nitrogen functional groups attached to an aromatic ring is 2. The van der Waals surface area contributed by atoms with Gasteiger partial charge < -0.3 is 26.1 Å². The van der Waals surface area contributed by atoms with Gasteiger partial charge in [0.05, 0.1) is 0 Å². The summed E-state index contributed by atoms with van der Waals surface area (Å²) >= 11 is 0. The van der Waals surface area contributed by atoms with Gasteiger partial charge in [-0.05, 0) is 17.7 Å². The van der Waals surface area contributed by atoms with Crippen LogP contribution in [0.25, 0.3) is 0 Å². The number of para-hydroxylation sites is 2. The van der Waals surface area contributed by atoms with Crippen molar-refractivity contribution in [3.63, 3.8) is 0 Å². The first-order chi connectivity index (χ1) is 11.6. The highest BCUT2D eigenvalue weighted by Gasteiger charge is 2.36. The summed E-state index contributed by atoms with van der Waals surface area (Å²) in [6.07, 6.45) is -1.08. The van der Waals surface area contributed by atoms with E-state index in [9.17, 15) is 14.0 Å². The number of nitrogens with two attached hydrogens (primary N) is 2. The van der Waals surface area contributed by atoms with E-state index in [1.807, 2.05) is 0 Å². The molecule has 0 spiro atoms. The van der Waals surface area contributed by atoms with Gasteiger partial charge >= 0.3 is 15.6 Å². The molecule has 0 aromatic heterocycles. The van der Waals surface area contributed by atoms with E-state index >= 15 is 0 Å². The van der Waals surface area contributed by atoms with Crippen LogP contribution in [0.15, 0.2) is 48.5 Å². The lowest BCUT2D eigenvalue weighted by Crippen LogP contribution is -2.11. The van der Waals surface area contributed by atoms with E-state index < -0.39 is 21.7 Å². The van der Waals surface area contributed by atoms with Crippen LogP contribution in [-0.2, 0) is 24.4 Å².